The van der Waals surface area contributed by atoms with Crippen molar-refractivity contribution in [3.63, 3.8) is 0 Å². The van der Waals surface area contributed by atoms with Gasteiger partial charge in [-0.15, -0.1) is 10.2 Å². The second kappa shape index (κ2) is 4.58. The normalized spacial score (nSPS) is 10.5. The highest BCUT2D eigenvalue weighted by atomic mass is 35.5. The molecule has 0 fully saturated rings. The van der Waals surface area contributed by atoms with Gasteiger partial charge in [0.05, 0.1) is 10.6 Å². The maximum Gasteiger partial charge on any atom is 0.266 e. The lowest BCUT2D eigenvalue weighted by atomic mass is 10.2. The second-order valence-electron chi connectivity index (χ2n) is 3.61. The SMILES string of the molecule is Clc1ccccc1-c1nnc(-c2ccccn2)o1. The third-order valence-corrected chi connectivity index (χ3v) is 2.74. The van der Waals surface area contributed by atoms with Crippen LogP contribution in [0, 0.1) is 0 Å². The molecule has 0 unspecified atom stereocenters. The monoisotopic (exact) mass is 257 g/mol. The molecule has 2 heterocycles. The summed E-state index contributed by atoms with van der Waals surface area (Å²) in [5, 5.41) is 8.53. The summed E-state index contributed by atoms with van der Waals surface area (Å²) in [4.78, 5) is 4.15. The average molecular weight is 258 g/mol. The van der Waals surface area contributed by atoms with Crippen molar-refractivity contribution in [2.45, 2.75) is 0 Å². The van der Waals surface area contributed by atoms with Crippen LogP contribution < -0.4 is 0 Å². The molecular weight excluding hydrogens is 250 g/mol. The summed E-state index contributed by atoms with van der Waals surface area (Å²) in [6.07, 6.45) is 1.68. The largest absolute Gasteiger partial charge is 0.415 e. The van der Waals surface area contributed by atoms with Crippen molar-refractivity contribution in [1.29, 1.82) is 0 Å². The van der Waals surface area contributed by atoms with Crippen molar-refractivity contribution in [2.75, 3.05) is 0 Å². The molecule has 0 saturated heterocycles. The minimum Gasteiger partial charge on any atom is -0.415 e. The van der Waals surface area contributed by atoms with E-state index in [1.54, 1.807) is 12.3 Å². The van der Waals surface area contributed by atoms with Gasteiger partial charge >= 0.3 is 0 Å². The van der Waals surface area contributed by atoms with Crippen molar-refractivity contribution in [1.82, 2.24) is 15.2 Å². The Hall–Kier alpha value is -2.20. The molecule has 0 aliphatic heterocycles. The Balaban J connectivity index is 2.03. The minimum atomic E-state index is 0.380. The van der Waals surface area contributed by atoms with Crippen molar-refractivity contribution >= 4 is 11.6 Å². The molecule has 18 heavy (non-hydrogen) atoms. The third-order valence-electron chi connectivity index (χ3n) is 2.41. The van der Waals surface area contributed by atoms with E-state index in [1.165, 1.54) is 0 Å². The maximum absolute atomic E-state index is 6.07. The van der Waals surface area contributed by atoms with Gasteiger partial charge in [-0.1, -0.05) is 29.8 Å². The number of rotatable bonds is 2. The van der Waals surface area contributed by atoms with E-state index in [-0.39, 0.29) is 0 Å². The van der Waals surface area contributed by atoms with Crippen molar-refractivity contribution in [2.24, 2.45) is 0 Å². The Kier molecular flexibility index (Phi) is 2.78. The van der Waals surface area contributed by atoms with Crippen LogP contribution in [0.4, 0.5) is 0 Å². The molecule has 1 aromatic carbocycles. The van der Waals surface area contributed by atoms with Gasteiger partial charge in [0.1, 0.15) is 5.69 Å². The van der Waals surface area contributed by atoms with E-state index in [1.807, 2.05) is 36.4 Å². The number of hydrogen-bond acceptors (Lipinski definition) is 4. The lowest BCUT2D eigenvalue weighted by molar-refractivity contribution is 0.582. The Morgan fingerprint density at radius 2 is 1.67 bits per heavy atom. The lowest BCUT2D eigenvalue weighted by Gasteiger charge is -1.96. The smallest absolute Gasteiger partial charge is 0.266 e. The van der Waals surface area contributed by atoms with Gasteiger partial charge in [0.25, 0.3) is 5.89 Å². The molecule has 3 rings (SSSR count). The lowest BCUT2D eigenvalue weighted by Crippen LogP contribution is -1.80. The molecule has 0 atom stereocenters. The molecule has 5 heteroatoms. The van der Waals surface area contributed by atoms with Gasteiger partial charge < -0.3 is 4.42 Å². The van der Waals surface area contributed by atoms with Crippen molar-refractivity contribution in [3.05, 3.63) is 53.7 Å². The number of halogens is 1. The van der Waals surface area contributed by atoms with Gasteiger partial charge in [0.15, 0.2) is 0 Å². The fourth-order valence-corrected chi connectivity index (χ4v) is 1.78. The van der Waals surface area contributed by atoms with Gasteiger partial charge in [-0.2, -0.15) is 0 Å². The molecule has 3 aromatic rings. The standard InChI is InChI=1S/C13H8ClN3O/c14-10-6-2-1-5-9(10)12-16-17-13(18-12)11-7-3-4-8-15-11/h1-8H. The van der Waals surface area contributed by atoms with Crippen molar-refractivity contribution < 1.29 is 4.42 Å². The van der Waals surface area contributed by atoms with Crippen LogP contribution in [0.1, 0.15) is 0 Å². The molecular formula is C13H8ClN3O. The second-order valence-corrected chi connectivity index (χ2v) is 4.01. The quantitative estimate of drug-likeness (QED) is 0.706. The van der Waals surface area contributed by atoms with Gasteiger partial charge in [-0.05, 0) is 24.3 Å². The van der Waals surface area contributed by atoms with Gasteiger partial charge in [-0.3, -0.25) is 4.98 Å². The van der Waals surface area contributed by atoms with E-state index in [0.29, 0.717) is 28.1 Å². The van der Waals surface area contributed by atoms with E-state index in [9.17, 15) is 0 Å². The predicted molar refractivity (Wildman–Crippen MR) is 68.0 cm³/mol. The molecule has 0 radical (unpaired) electrons. The zero-order valence-electron chi connectivity index (χ0n) is 9.25. The Bertz CT molecular complexity index is 667. The summed E-state index contributed by atoms with van der Waals surface area (Å²) in [6.45, 7) is 0. The molecule has 88 valence electrons. The molecule has 0 spiro atoms. The molecule has 0 N–H and O–H groups in total. The molecule has 0 saturated carbocycles. The number of hydrogen-bond donors (Lipinski definition) is 0. The highest BCUT2D eigenvalue weighted by Crippen LogP contribution is 2.28. The summed E-state index contributed by atoms with van der Waals surface area (Å²) in [6, 6.07) is 12.8. The van der Waals surface area contributed by atoms with Crippen molar-refractivity contribution in [3.8, 4) is 23.0 Å². The summed E-state index contributed by atoms with van der Waals surface area (Å²) in [7, 11) is 0. The number of aromatic nitrogens is 3. The third kappa shape index (κ3) is 1.98. The number of pyridine rings is 1. The van der Waals surface area contributed by atoms with Crippen LogP contribution >= 0.6 is 11.6 Å². The highest BCUT2D eigenvalue weighted by molar-refractivity contribution is 6.33. The zero-order valence-corrected chi connectivity index (χ0v) is 10.0. The summed E-state index contributed by atoms with van der Waals surface area (Å²) < 4.78 is 5.57. The maximum atomic E-state index is 6.07. The Labute approximate surface area is 108 Å². The Morgan fingerprint density at radius 1 is 0.889 bits per heavy atom. The first-order valence-corrected chi connectivity index (χ1v) is 5.72. The van der Waals surface area contributed by atoms with Crippen LogP contribution in [0.15, 0.2) is 53.1 Å². The summed E-state index contributed by atoms with van der Waals surface area (Å²) in [5.74, 6) is 0.770. The van der Waals surface area contributed by atoms with E-state index in [2.05, 4.69) is 15.2 Å². The van der Waals surface area contributed by atoms with Crippen LogP contribution in [0.5, 0.6) is 0 Å². The first-order valence-electron chi connectivity index (χ1n) is 5.34. The van der Waals surface area contributed by atoms with Gasteiger partial charge in [-0.25, -0.2) is 0 Å². The van der Waals surface area contributed by atoms with Gasteiger partial charge in [0, 0.05) is 6.20 Å². The van der Waals surface area contributed by atoms with Crippen LogP contribution in [-0.4, -0.2) is 15.2 Å². The predicted octanol–water partition coefficient (Wildman–Crippen LogP) is 3.45. The van der Waals surface area contributed by atoms with E-state index < -0.39 is 0 Å². The van der Waals surface area contributed by atoms with E-state index in [0.717, 1.165) is 0 Å². The molecule has 0 amide bonds. The first kappa shape index (κ1) is 10.9. The highest BCUT2D eigenvalue weighted by Gasteiger charge is 2.12. The fraction of sp³-hybridized carbons (Fsp3) is 0. The van der Waals surface area contributed by atoms with Crippen LogP contribution in [0.25, 0.3) is 23.0 Å². The zero-order chi connectivity index (χ0) is 12.4. The number of nitrogens with zero attached hydrogens (tertiary/aromatic N) is 3. The van der Waals surface area contributed by atoms with Crippen LogP contribution in [0.2, 0.25) is 5.02 Å². The summed E-state index contributed by atoms with van der Waals surface area (Å²) >= 11 is 6.07. The van der Waals surface area contributed by atoms with Crippen LogP contribution in [-0.2, 0) is 0 Å². The minimum absolute atomic E-state index is 0.380. The molecule has 0 aliphatic rings. The topological polar surface area (TPSA) is 51.8 Å². The Morgan fingerprint density at radius 3 is 2.44 bits per heavy atom. The molecule has 0 aliphatic carbocycles. The number of benzene rings is 1. The van der Waals surface area contributed by atoms with E-state index >= 15 is 0 Å². The first-order chi connectivity index (χ1) is 8.84. The van der Waals surface area contributed by atoms with Crippen LogP contribution in [0.3, 0.4) is 0 Å². The molecule has 2 aromatic heterocycles. The van der Waals surface area contributed by atoms with Gasteiger partial charge in [0.2, 0.25) is 5.89 Å². The molecule has 4 nitrogen and oxygen atoms in total. The molecule has 0 bridgehead atoms. The average Bonchev–Trinajstić information content (AvgIpc) is 2.90. The fourth-order valence-electron chi connectivity index (χ4n) is 1.56. The van der Waals surface area contributed by atoms with E-state index in [4.69, 9.17) is 16.0 Å². The summed E-state index contributed by atoms with van der Waals surface area (Å²) in [5.41, 5.74) is 1.36.